The maximum Gasteiger partial charge on any atom is -0.0443 e. The molecule has 1 atom stereocenters. The van der Waals surface area contributed by atoms with Gasteiger partial charge in [0.2, 0.25) is 0 Å². The Hall–Kier alpha value is 0. The zero-order chi connectivity index (χ0) is 24.1. The van der Waals surface area contributed by atoms with Gasteiger partial charge in [-0.15, -0.1) is 0 Å². The van der Waals surface area contributed by atoms with Crippen molar-refractivity contribution >= 4 is 0 Å². The second-order valence-electron chi connectivity index (χ2n) is 11.5. The highest BCUT2D eigenvalue weighted by Gasteiger charge is 2.00. The molecule has 0 aromatic rings. The Morgan fingerprint density at radius 2 is 0.515 bits per heavy atom. The normalized spacial score (nSPS) is 12.5. The van der Waals surface area contributed by atoms with Crippen molar-refractivity contribution in [2.24, 2.45) is 5.92 Å². The van der Waals surface area contributed by atoms with Crippen molar-refractivity contribution in [1.29, 1.82) is 0 Å². The van der Waals surface area contributed by atoms with E-state index in [1.165, 1.54) is 186 Å². The van der Waals surface area contributed by atoms with Crippen molar-refractivity contribution in [1.82, 2.24) is 0 Å². The van der Waals surface area contributed by atoms with Gasteiger partial charge in [0.15, 0.2) is 0 Å². The van der Waals surface area contributed by atoms with Crippen LogP contribution in [0.2, 0.25) is 0 Å². The van der Waals surface area contributed by atoms with E-state index >= 15 is 0 Å². The summed E-state index contributed by atoms with van der Waals surface area (Å²) < 4.78 is 0. The van der Waals surface area contributed by atoms with Crippen LogP contribution in [-0.2, 0) is 0 Å². The molecule has 0 saturated heterocycles. The maximum absolute atomic E-state index is 2.43. The van der Waals surface area contributed by atoms with E-state index in [9.17, 15) is 0 Å². The second kappa shape index (κ2) is 30.0. The number of hydrogen-bond acceptors (Lipinski definition) is 0. The third-order valence-electron chi connectivity index (χ3n) is 7.83. The van der Waals surface area contributed by atoms with E-state index in [0.717, 1.165) is 5.92 Å². The van der Waals surface area contributed by atoms with E-state index in [1.54, 1.807) is 0 Å². The summed E-state index contributed by atoms with van der Waals surface area (Å²) in [4.78, 5) is 0. The van der Waals surface area contributed by atoms with Gasteiger partial charge in [-0.05, 0) is 5.92 Å². The minimum absolute atomic E-state index is 0.962. The fourth-order valence-corrected chi connectivity index (χ4v) is 5.45. The van der Waals surface area contributed by atoms with Crippen LogP contribution >= 0.6 is 0 Å². The summed E-state index contributed by atoms with van der Waals surface area (Å²) in [6, 6.07) is 0. The van der Waals surface area contributed by atoms with Crippen molar-refractivity contribution < 1.29 is 0 Å². The highest BCUT2D eigenvalue weighted by molar-refractivity contribution is 4.54. The van der Waals surface area contributed by atoms with E-state index < -0.39 is 0 Å². The molecule has 1 unspecified atom stereocenters. The second-order valence-corrected chi connectivity index (χ2v) is 11.5. The van der Waals surface area contributed by atoms with Gasteiger partial charge >= 0.3 is 0 Å². The number of rotatable bonds is 29. The Morgan fingerprint density at radius 1 is 0.273 bits per heavy atom. The molecule has 0 rings (SSSR count). The molecule has 0 heterocycles. The van der Waals surface area contributed by atoms with E-state index in [2.05, 4.69) is 20.8 Å². The first-order valence-corrected chi connectivity index (χ1v) is 16.3. The minimum atomic E-state index is 0.962. The van der Waals surface area contributed by atoms with Gasteiger partial charge in [0.05, 0.1) is 0 Å². The molecule has 0 bridgehead atoms. The van der Waals surface area contributed by atoms with Crippen LogP contribution in [-0.4, -0.2) is 0 Å². The standard InChI is InChI=1S/C33H68/c1-4-6-7-8-9-10-11-12-13-14-15-16-17-18-19-20-21-22-23-24-25-26-27-28-29-30-32-33(3)31-5-2/h33H,4-32H2,1-3H3. The summed E-state index contributed by atoms with van der Waals surface area (Å²) in [5, 5.41) is 0. The predicted molar refractivity (Wildman–Crippen MR) is 154 cm³/mol. The Bertz CT molecular complexity index is 320. The summed E-state index contributed by atoms with van der Waals surface area (Å²) in [6.07, 6.45) is 42.8. The smallest absolute Gasteiger partial charge is 0.0443 e. The molecule has 0 radical (unpaired) electrons. The van der Waals surface area contributed by atoms with Gasteiger partial charge in [-0.1, -0.05) is 207 Å². The maximum atomic E-state index is 2.43. The molecular formula is C33H68. The first kappa shape index (κ1) is 33.0. The van der Waals surface area contributed by atoms with E-state index in [-0.39, 0.29) is 0 Å². The lowest BCUT2D eigenvalue weighted by Gasteiger charge is -2.09. The molecule has 0 fully saturated rings. The lowest BCUT2D eigenvalue weighted by molar-refractivity contribution is 0.449. The summed E-state index contributed by atoms with van der Waals surface area (Å²) in [5.41, 5.74) is 0. The molecule has 0 amide bonds. The molecule has 0 aliphatic carbocycles. The Balaban J connectivity index is 3.03. The van der Waals surface area contributed by atoms with Gasteiger partial charge in [-0.2, -0.15) is 0 Å². The summed E-state index contributed by atoms with van der Waals surface area (Å²) in [6.45, 7) is 7.06. The lowest BCUT2D eigenvalue weighted by atomic mass is 9.98. The zero-order valence-electron chi connectivity index (χ0n) is 24.1. The van der Waals surface area contributed by atoms with Crippen LogP contribution in [0.5, 0.6) is 0 Å². The average Bonchev–Trinajstić information content (AvgIpc) is 2.81. The Morgan fingerprint density at radius 3 is 0.758 bits per heavy atom. The van der Waals surface area contributed by atoms with Gasteiger partial charge in [0.1, 0.15) is 0 Å². The molecule has 0 aromatic heterocycles. The highest BCUT2D eigenvalue weighted by atomic mass is 14.1. The summed E-state index contributed by atoms with van der Waals surface area (Å²) in [7, 11) is 0. The molecule has 200 valence electrons. The lowest BCUT2D eigenvalue weighted by Crippen LogP contribution is -1.93. The molecule has 0 N–H and O–H groups in total. The first-order chi connectivity index (χ1) is 16.3. The van der Waals surface area contributed by atoms with Crippen LogP contribution in [0.1, 0.15) is 207 Å². The molecule has 0 aromatic carbocycles. The Labute approximate surface area is 212 Å². The van der Waals surface area contributed by atoms with Gasteiger partial charge in [-0.3, -0.25) is 0 Å². The van der Waals surface area contributed by atoms with Crippen LogP contribution in [0.15, 0.2) is 0 Å². The molecule has 0 spiro atoms. The summed E-state index contributed by atoms with van der Waals surface area (Å²) in [5.74, 6) is 0.962. The Kier molecular flexibility index (Phi) is 30.0. The molecule has 0 aliphatic heterocycles. The SMILES string of the molecule is CCCCCCCCCCCCCCCCCCCCCCCCCCCCC(C)CCC. The van der Waals surface area contributed by atoms with Gasteiger partial charge in [-0.25, -0.2) is 0 Å². The monoisotopic (exact) mass is 465 g/mol. The zero-order valence-corrected chi connectivity index (χ0v) is 24.1. The van der Waals surface area contributed by atoms with Gasteiger partial charge < -0.3 is 0 Å². The first-order valence-electron chi connectivity index (χ1n) is 16.3. The van der Waals surface area contributed by atoms with Crippen molar-refractivity contribution in [3.05, 3.63) is 0 Å². The topological polar surface area (TPSA) is 0 Å². The quantitative estimate of drug-likeness (QED) is 0.0965. The predicted octanol–water partition coefficient (Wildman–Crippen LogP) is 13.0. The molecule has 0 nitrogen and oxygen atoms in total. The van der Waals surface area contributed by atoms with Gasteiger partial charge in [0.25, 0.3) is 0 Å². The van der Waals surface area contributed by atoms with Crippen LogP contribution < -0.4 is 0 Å². The fraction of sp³-hybridized carbons (Fsp3) is 1.00. The van der Waals surface area contributed by atoms with Crippen LogP contribution in [0.25, 0.3) is 0 Å². The minimum Gasteiger partial charge on any atom is -0.0654 e. The number of unbranched alkanes of at least 4 members (excludes halogenated alkanes) is 25. The van der Waals surface area contributed by atoms with E-state index in [1.807, 2.05) is 0 Å². The molecular weight excluding hydrogens is 396 g/mol. The molecule has 33 heavy (non-hydrogen) atoms. The van der Waals surface area contributed by atoms with Crippen molar-refractivity contribution in [3.8, 4) is 0 Å². The molecule has 0 aliphatic rings. The highest BCUT2D eigenvalue weighted by Crippen LogP contribution is 2.18. The van der Waals surface area contributed by atoms with Crippen LogP contribution in [0, 0.1) is 5.92 Å². The van der Waals surface area contributed by atoms with E-state index in [4.69, 9.17) is 0 Å². The van der Waals surface area contributed by atoms with Crippen LogP contribution in [0.4, 0.5) is 0 Å². The van der Waals surface area contributed by atoms with Crippen molar-refractivity contribution in [2.75, 3.05) is 0 Å². The van der Waals surface area contributed by atoms with Crippen molar-refractivity contribution in [3.63, 3.8) is 0 Å². The molecule has 0 saturated carbocycles. The van der Waals surface area contributed by atoms with Crippen molar-refractivity contribution in [2.45, 2.75) is 207 Å². The largest absolute Gasteiger partial charge is 0.0654 e. The fourth-order valence-electron chi connectivity index (χ4n) is 5.45. The van der Waals surface area contributed by atoms with Gasteiger partial charge in [0, 0.05) is 0 Å². The third-order valence-corrected chi connectivity index (χ3v) is 7.83. The average molecular weight is 465 g/mol. The third kappa shape index (κ3) is 30.0. The van der Waals surface area contributed by atoms with E-state index in [0.29, 0.717) is 0 Å². The molecule has 0 heteroatoms. The van der Waals surface area contributed by atoms with Crippen LogP contribution in [0.3, 0.4) is 0 Å². The number of hydrogen-bond donors (Lipinski definition) is 0. The summed E-state index contributed by atoms with van der Waals surface area (Å²) >= 11 is 0.